The average Bonchev–Trinajstić information content (AvgIpc) is 3.13. The molecule has 0 fully saturated rings. The smallest absolute Gasteiger partial charge is 0.485 e. The molecule has 0 atom stereocenters. The maximum atomic E-state index is 13.9. The Morgan fingerprint density at radius 2 is 0.870 bits per heavy atom. The largest absolute Gasteiger partial charge is 0.741 e. The van der Waals surface area contributed by atoms with E-state index in [4.69, 9.17) is 13.0 Å². The topological polar surface area (TPSA) is 70.1 Å². The van der Waals surface area contributed by atoms with E-state index in [2.05, 4.69) is 41.4 Å². The fourth-order valence-electron chi connectivity index (χ4n) is 5.98. The van der Waals surface area contributed by atoms with Crippen LogP contribution in [0.15, 0.2) is 158 Å². The van der Waals surface area contributed by atoms with Gasteiger partial charge in [-0.05, 0) is 65.7 Å². The molecule has 0 saturated carbocycles. The fraction of sp³-hybridized carbons (Fsp3) is 0.103. The Morgan fingerprint density at radius 1 is 0.500 bits per heavy atom. The summed E-state index contributed by atoms with van der Waals surface area (Å²) in [5.41, 5.74) is -6.73. The monoisotopic (exact) mass is 791 g/mol. The fourth-order valence-corrected chi connectivity index (χ4v) is 10.2. The van der Waals surface area contributed by atoms with Crippen molar-refractivity contribution in [2.24, 2.45) is 0 Å². The molecule has 0 aliphatic heterocycles. The zero-order chi connectivity index (χ0) is 39.4. The molecule has 1 aromatic heterocycles. The van der Waals surface area contributed by atoms with E-state index in [-0.39, 0.29) is 11.1 Å². The first-order valence-corrected chi connectivity index (χ1v) is 18.9. The van der Waals surface area contributed by atoms with Crippen molar-refractivity contribution in [2.75, 3.05) is 0 Å². The summed E-state index contributed by atoms with van der Waals surface area (Å²) in [6.07, 6.45) is -7.68. The zero-order valence-corrected chi connectivity index (χ0v) is 29.2. The van der Waals surface area contributed by atoms with Gasteiger partial charge in [0.05, 0.1) is 22.7 Å². The molecule has 6 rings (SSSR count). The average molecular weight is 792 g/mol. The zero-order valence-electron chi connectivity index (χ0n) is 27.5. The molecule has 280 valence electrons. The third-order valence-corrected chi connectivity index (χ3v) is 13.1. The van der Waals surface area contributed by atoms with Gasteiger partial charge in [0.15, 0.2) is 10.1 Å². The third-order valence-electron chi connectivity index (χ3n) is 8.26. The van der Waals surface area contributed by atoms with E-state index in [0.717, 1.165) is 45.5 Å². The van der Waals surface area contributed by atoms with Crippen LogP contribution < -0.4 is 21.2 Å². The summed E-state index contributed by atoms with van der Waals surface area (Å²) in [6, 6.07) is 43.2. The van der Waals surface area contributed by atoms with Crippen LogP contribution in [0.25, 0.3) is 0 Å². The van der Waals surface area contributed by atoms with Crippen LogP contribution in [0.1, 0.15) is 33.9 Å². The molecule has 0 saturated heterocycles. The van der Waals surface area contributed by atoms with Gasteiger partial charge in [0, 0.05) is 12.3 Å². The second kappa shape index (κ2) is 15.7. The van der Waals surface area contributed by atoms with Crippen molar-refractivity contribution in [3.05, 3.63) is 186 Å². The first-order chi connectivity index (χ1) is 25.3. The number of nitrogens with zero attached hydrogens (tertiary/aromatic N) is 1. The summed E-state index contributed by atoms with van der Waals surface area (Å²) in [5.74, 6) is -1.02. The van der Waals surface area contributed by atoms with Crippen molar-refractivity contribution < 1.29 is 52.5 Å². The Balaban J connectivity index is 0.000000631. The summed E-state index contributed by atoms with van der Waals surface area (Å²) in [5, 5.41) is 3.99. The van der Waals surface area contributed by atoms with Gasteiger partial charge in [-0.15, -0.1) is 0 Å². The summed E-state index contributed by atoms with van der Waals surface area (Å²) in [6.45, 7) is 0. The number of pyridine rings is 1. The van der Waals surface area contributed by atoms with Crippen molar-refractivity contribution in [1.82, 2.24) is 4.98 Å². The lowest BCUT2D eigenvalue weighted by Crippen LogP contribution is -2.39. The number of aromatic nitrogens is 1. The molecule has 0 N–H and O–H groups in total. The standard InChI is InChI=1S/C38H27F6NP.CHF3O3S/c39-37(40,41)29-14-10-12-27(24-29)36(28-13-11-15-30(25-28)38(42,43)44)35-26-34(22-23-45-35)46(31-16-4-1-5-17-31,32-18-6-2-7-19-32)33-20-8-3-9-21-33;2-1(3,4)8(5,6)7/h1-26,36H;(H,5,6,7)/q+1;/p-1. The molecular formula is C39H27F9NO3PS. The minimum atomic E-state index is -6.09. The molecule has 0 unspecified atom stereocenters. The van der Waals surface area contributed by atoms with Crippen LogP contribution in [0.4, 0.5) is 39.5 Å². The minimum Gasteiger partial charge on any atom is -0.741 e. The Bertz CT molecular complexity index is 2130. The number of rotatable bonds is 7. The van der Waals surface area contributed by atoms with E-state index in [1.54, 1.807) is 6.20 Å². The molecular weight excluding hydrogens is 764 g/mol. The minimum absolute atomic E-state index is 0.182. The van der Waals surface area contributed by atoms with Crippen molar-refractivity contribution in [1.29, 1.82) is 0 Å². The first kappa shape index (κ1) is 40.2. The number of halogens is 9. The van der Waals surface area contributed by atoms with Gasteiger partial charge in [-0.25, -0.2) is 8.42 Å². The second-order valence-corrected chi connectivity index (χ2v) is 16.5. The summed E-state index contributed by atoms with van der Waals surface area (Å²) >= 11 is 0. The Labute approximate surface area is 305 Å². The number of alkyl halides is 9. The molecule has 0 bridgehead atoms. The van der Waals surface area contributed by atoms with Crippen molar-refractivity contribution in [2.45, 2.75) is 23.8 Å². The normalized spacial score (nSPS) is 12.6. The number of hydrogen-bond donors (Lipinski definition) is 0. The maximum absolute atomic E-state index is 13.9. The summed E-state index contributed by atoms with van der Waals surface area (Å²) < 4.78 is 142. The van der Waals surface area contributed by atoms with Crippen LogP contribution in [0.5, 0.6) is 0 Å². The number of hydrogen-bond acceptors (Lipinski definition) is 4. The summed E-state index contributed by atoms with van der Waals surface area (Å²) in [7, 11) is -8.72. The molecule has 1 heterocycles. The van der Waals surface area contributed by atoms with Crippen LogP contribution in [0.2, 0.25) is 0 Å². The van der Waals surface area contributed by atoms with Gasteiger partial charge in [-0.1, -0.05) is 91.0 Å². The Hall–Kier alpha value is -5.04. The lowest BCUT2D eigenvalue weighted by Gasteiger charge is -2.28. The molecule has 0 spiro atoms. The lowest BCUT2D eigenvalue weighted by molar-refractivity contribution is -0.138. The molecule has 0 radical (unpaired) electrons. The highest BCUT2D eigenvalue weighted by molar-refractivity contribution is 8.01. The van der Waals surface area contributed by atoms with E-state index in [1.807, 2.05) is 66.7 Å². The van der Waals surface area contributed by atoms with Gasteiger partial charge in [0.1, 0.15) is 28.5 Å². The Morgan fingerprint density at radius 3 is 1.20 bits per heavy atom. The molecule has 54 heavy (non-hydrogen) atoms. The molecule has 15 heteroatoms. The van der Waals surface area contributed by atoms with Gasteiger partial charge in [-0.2, -0.15) is 39.5 Å². The highest BCUT2D eigenvalue weighted by atomic mass is 32.2. The predicted octanol–water partition coefficient (Wildman–Crippen LogP) is 8.97. The van der Waals surface area contributed by atoms with E-state index in [0.29, 0.717) is 5.69 Å². The Kier molecular flexibility index (Phi) is 11.7. The van der Waals surface area contributed by atoms with Gasteiger partial charge < -0.3 is 4.55 Å². The van der Waals surface area contributed by atoms with E-state index in [9.17, 15) is 39.5 Å². The second-order valence-electron chi connectivity index (χ2n) is 11.7. The predicted molar refractivity (Wildman–Crippen MR) is 189 cm³/mol. The molecule has 0 aliphatic carbocycles. The van der Waals surface area contributed by atoms with Crippen LogP contribution in [0, 0.1) is 0 Å². The number of benzene rings is 5. The summed E-state index contributed by atoms with van der Waals surface area (Å²) in [4.78, 5) is 4.63. The molecule has 0 aliphatic rings. The van der Waals surface area contributed by atoms with E-state index in [1.165, 1.54) is 24.3 Å². The lowest BCUT2D eigenvalue weighted by atomic mass is 9.86. The van der Waals surface area contributed by atoms with Crippen LogP contribution in [-0.4, -0.2) is 23.5 Å². The van der Waals surface area contributed by atoms with Crippen LogP contribution in [-0.2, 0) is 22.5 Å². The van der Waals surface area contributed by atoms with Crippen molar-refractivity contribution in [3.8, 4) is 0 Å². The first-order valence-electron chi connectivity index (χ1n) is 15.7. The molecule has 0 amide bonds. The highest BCUT2D eigenvalue weighted by Crippen LogP contribution is 2.54. The molecule has 4 nitrogen and oxygen atoms in total. The third kappa shape index (κ3) is 8.83. The van der Waals surface area contributed by atoms with Crippen molar-refractivity contribution >= 4 is 38.6 Å². The van der Waals surface area contributed by atoms with Crippen molar-refractivity contribution in [3.63, 3.8) is 0 Å². The van der Waals surface area contributed by atoms with Crippen LogP contribution in [0.3, 0.4) is 0 Å². The van der Waals surface area contributed by atoms with E-state index < -0.39 is 52.3 Å². The van der Waals surface area contributed by atoms with E-state index >= 15 is 0 Å². The van der Waals surface area contributed by atoms with Gasteiger partial charge in [0.25, 0.3) is 0 Å². The van der Waals surface area contributed by atoms with Crippen LogP contribution >= 0.6 is 7.26 Å². The molecule has 6 aromatic rings. The maximum Gasteiger partial charge on any atom is 0.485 e. The SMILES string of the molecule is FC(F)(F)c1cccc(C(c2cccc(C(F)(F)F)c2)c2cc([P+](c3ccccc3)(c3ccccc3)c3ccccc3)ccn2)c1.O=S(=O)([O-])C(F)(F)F. The van der Waals surface area contributed by atoms with Gasteiger partial charge in [-0.3, -0.25) is 4.98 Å². The quantitative estimate of drug-likeness (QED) is 0.0701. The highest BCUT2D eigenvalue weighted by Gasteiger charge is 2.48. The molecule has 5 aromatic carbocycles. The van der Waals surface area contributed by atoms with Gasteiger partial charge >= 0.3 is 17.9 Å². The van der Waals surface area contributed by atoms with Gasteiger partial charge in [0.2, 0.25) is 0 Å².